The molecule has 0 amide bonds. The number of benzene rings is 1. The van der Waals surface area contributed by atoms with Crippen molar-refractivity contribution in [1.82, 2.24) is 0 Å². The number of hydrogen-bond donors (Lipinski definition) is 1. The van der Waals surface area contributed by atoms with Gasteiger partial charge in [-0.3, -0.25) is 0 Å². The van der Waals surface area contributed by atoms with E-state index in [-0.39, 0.29) is 5.56 Å². The van der Waals surface area contributed by atoms with Crippen LogP contribution in [0.1, 0.15) is 95.3 Å². The van der Waals surface area contributed by atoms with E-state index in [1.807, 2.05) is 12.2 Å². The van der Waals surface area contributed by atoms with Crippen LogP contribution in [0, 0.1) is 0 Å². The second kappa shape index (κ2) is 23.3. The molecule has 0 saturated carbocycles. The van der Waals surface area contributed by atoms with Crippen LogP contribution in [-0.2, 0) is 4.74 Å². The lowest BCUT2D eigenvalue weighted by atomic mass is 10.1. The van der Waals surface area contributed by atoms with Gasteiger partial charge in [0.2, 0.25) is 0 Å². The third-order valence-electron chi connectivity index (χ3n) is 4.50. The van der Waals surface area contributed by atoms with Crippen molar-refractivity contribution in [3.63, 3.8) is 0 Å². The molecule has 0 atom stereocenters. The summed E-state index contributed by atoms with van der Waals surface area (Å²) < 4.78 is 10.5. The number of carboxylic acids is 1. The SMILES string of the molecule is CCCCCCCCC=CCC=CC=COc1ccccc1C(=O)O.CCCOCCC. The van der Waals surface area contributed by atoms with E-state index in [0.29, 0.717) is 5.75 Å². The van der Waals surface area contributed by atoms with Crippen LogP contribution in [0.5, 0.6) is 5.75 Å². The molecule has 0 aliphatic carbocycles. The summed E-state index contributed by atoms with van der Waals surface area (Å²) in [6.07, 6.45) is 24.0. The van der Waals surface area contributed by atoms with E-state index in [2.05, 4.69) is 32.9 Å². The number of aromatic carboxylic acids is 1. The number of rotatable bonds is 17. The molecule has 4 heteroatoms. The van der Waals surface area contributed by atoms with Crippen LogP contribution in [0.2, 0.25) is 0 Å². The van der Waals surface area contributed by atoms with Gasteiger partial charge in [0.25, 0.3) is 0 Å². The average molecular weight is 445 g/mol. The second-order valence-corrected chi connectivity index (χ2v) is 7.55. The number of unbranched alkanes of at least 4 members (excludes halogenated alkanes) is 6. The topological polar surface area (TPSA) is 55.8 Å². The average Bonchev–Trinajstić information content (AvgIpc) is 2.80. The highest BCUT2D eigenvalue weighted by Gasteiger charge is 2.08. The fourth-order valence-corrected chi connectivity index (χ4v) is 2.79. The van der Waals surface area contributed by atoms with E-state index in [0.717, 1.165) is 38.9 Å². The molecule has 0 aliphatic heterocycles. The summed E-state index contributed by atoms with van der Waals surface area (Å²) in [5, 5.41) is 9.06. The molecule has 32 heavy (non-hydrogen) atoms. The monoisotopic (exact) mass is 444 g/mol. The van der Waals surface area contributed by atoms with Crippen LogP contribution < -0.4 is 4.74 Å². The van der Waals surface area contributed by atoms with Gasteiger partial charge in [0.15, 0.2) is 0 Å². The molecule has 0 bridgehead atoms. The number of ether oxygens (including phenoxy) is 2. The molecule has 0 saturated heterocycles. The van der Waals surface area contributed by atoms with Gasteiger partial charge in [-0.1, -0.05) is 89.3 Å². The Morgan fingerprint density at radius 1 is 0.844 bits per heavy atom. The van der Waals surface area contributed by atoms with Crippen LogP contribution in [0.4, 0.5) is 0 Å². The highest BCUT2D eigenvalue weighted by molar-refractivity contribution is 5.90. The molecule has 1 N–H and O–H groups in total. The number of hydrogen-bond acceptors (Lipinski definition) is 3. The molecule has 0 aliphatic rings. The Kier molecular flexibility index (Phi) is 21.6. The molecule has 0 heterocycles. The molecule has 1 aromatic carbocycles. The zero-order valence-corrected chi connectivity index (χ0v) is 20.4. The molecule has 0 radical (unpaired) electrons. The maximum absolute atomic E-state index is 11.0. The lowest BCUT2D eigenvalue weighted by Gasteiger charge is -2.03. The Morgan fingerprint density at radius 2 is 1.53 bits per heavy atom. The smallest absolute Gasteiger partial charge is 0.339 e. The quantitative estimate of drug-likeness (QED) is 0.113. The molecule has 180 valence electrons. The summed E-state index contributed by atoms with van der Waals surface area (Å²) in [6, 6.07) is 6.59. The van der Waals surface area contributed by atoms with Crippen LogP contribution >= 0.6 is 0 Å². The molecule has 0 aromatic heterocycles. The summed E-state index contributed by atoms with van der Waals surface area (Å²) in [5.74, 6) is -0.645. The number of carboxylic acid groups (broad SMARTS) is 1. The third kappa shape index (κ3) is 18.4. The van der Waals surface area contributed by atoms with E-state index in [9.17, 15) is 4.79 Å². The summed E-state index contributed by atoms with van der Waals surface area (Å²) in [6.45, 7) is 8.33. The number of para-hydroxylation sites is 1. The number of allylic oxidation sites excluding steroid dienone is 5. The minimum Gasteiger partial charge on any atom is -0.478 e. The van der Waals surface area contributed by atoms with Gasteiger partial charge < -0.3 is 14.6 Å². The lowest BCUT2D eigenvalue weighted by molar-refractivity contribution is 0.0694. The fourth-order valence-electron chi connectivity index (χ4n) is 2.79. The van der Waals surface area contributed by atoms with Crippen molar-refractivity contribution in [2.45, 2.75) is 85.0 Å². The Morgan fingerprint density at radius 3 is 2.22 bits per heavy atom. The van der Waals surface area contributed by atoms with Crippen LogP contribution in [0.25, 0.3) is 0 Å². The Hall–Kier alpha value is -2.33. The molecule has 1 rings (SSSR count). The predicted octanol–water partition coefficient (Wildman–Crippen LogP) is 8.35. The highest BCUT2D eigenvalue weighted by atomic mass is 16.5. The van der Waals surface area contributed by atoms with Gasteiger partial charge in [-0.2, -0.15) is 0 Å². The van der Waals surface area contributed by atoms with E-state index >= 15 is 0 Å². The first-order valence-corrected chi connectivity index (χ1v) is 12.2. The van der Waals surface area contributed by atoms with Crippen molar-refractivity contribution in [2.24, 2.45) is 0 Å². The van der Waals surface area contributed by atoms with Crippen molar-refractivity contribution < 1.29 is 19.4 Å². The van der Waals surface area contributed by atoms with E-state index in [1.54, 1.807) is 24.3 Å². The van der Waals surface area contributed by atoms with Gasteiger partial charge in [0.1, 0.15) is 11.3 Å². The van der Waals surface area contributed by atoms with Crippen molar-refractivity contribution in [1.29, 1.82) is 0 Å². The highest BCUT2D eigenvalue weighted by Crippen LogP contribution is 2.17. The minimum atomic E-state index is -0.991. The molecule has 4 nitrogen and oxygen atoms in total. The van der Waals surface area contributed by atoms with Crippen molar-refractivity contribution in [2.75, 3.05) is 13.2 Å². The van der Waals surface area contributed by atoms with Crippen LogP contribution in [-0.4, -0.2) is 24.3 Å². The van der Waals surface area contributed by atoms with Crippen molar-refractivity contribution >= 4 is 5.97 Å². The Balaban J connectivity index is 0.00000118. The first-order chi connectivity index (χ1) is 15.7. The van der Waals surface area contributed by atoms with Crippen molar-refractivity contribution in [3.05, 3.63) is 66.5 Å². The zero-order valence-electron chi connectivity index (χ0n) is 20.4. The van der Waals surface area contributed by atoms with Gasteiger partial charge in [0.05, 0.1) is 6.26 Å². The van der Waals surface area contributed by atoms with Crippen LogP contribution in [0.15, 0.2) is 60.9 Å². The first kappa shape index (κ1) is 29.7. The number of carbonyl (C=O) groups is 1. The molecule has 0 unspecified atom stereocenters. The third-order valence-corrected chi connectivity index (χ3v) is 4.50. The normalized spacial score (nSPS) is 11.2. The first-order valence-electron chi connectivity index (χ1n) is 12.2. The molecule has 1 aromatic rings. The van der Waals surface area contributed by atoms with Gasteiger partial charge in [-0.15, -0.1) is 0 Å². The van der Waals surface area contributed by atoms with Gasteiger partial charge in [-0.25, -0.2) is 4.79 Å². The van der Waals surface area contributed by atoms with Crippen LogP contribution in [0.3, 0.4) is 0 Å². The summed E-state index contributed by atoms with van der Waals surface area (Å²) in [7, 11) is 0. The Labute approximate surface area is 196 Å². The van der Waals surface area contributed by atoms with Gasteiger partial charge in [-0.05, 0) is 50.3 Å². The van der Waals surface area contributed by atoms with Gasteiger partial charge in [0, 0.05) is 13.2 Å². The largest absolute Gasteiger partial charge is 0.478 e. The summed E-state index contributed by atoms with van der Waals surface area (Å²) in [5.41, 5.74) is 0.161. The molecule has 0 fully saturated rings. The standard InChI is InChI=1S/C22H30O3.C6H14O/c1-2-3-4-5-6-7-8-9-10-11-12-13-16-19-25-21-18-15-14-17-20(21)22(23)24;1-3-5-7-6-4-2/h9-10,12-19H,2-8,11H2,1H3,(H,23,24);3-6H2,1-2H3. The maximum Gasteiger partial charge on any atom is 0.339 e. The molecular formula is C28H44O4. The van der Waals surface area contributed by atoms with Gasteiger partial charge >= 0.3 is 5.97 Å². The second-order valence-electron chi connectivity index (χ2n) is 7.55. The molecule has 0 spiro atoms. The lowest BCUT2D eigenvalue weighted by Crippen LogP contribution is -1.99. The van der Waals surface area contributed by atoms with E-state index in [4.69, 9.17) is 14.6 Å². The predicted molar refractivity (Wildman–Crippen MR) is 135 cm³/mol. The maximum atomic E-state index is 11.0. The zero-order chi connectivity index (χ0) is 23.7. The molecular weight excluding hydrogens is 400 g/mol. The fraction of sp³-hybridized carbons (Fsp3) is 0.536. The van der Waals surface area contributed by atoms with E-state index < -0.39 is 5.97 Å². The van der Waals surface area contributed by atoms with E-state index in [1.165, 1.54) is 50.9 Å². The summed E-state index contributed by atoms with van der Waals surface area (Å²) in [4.78, 5) is 11.0. The van der Waals surface area contributed by atoms with Crippen molar-refractivity contribution in [3.8, 4) is 5.75 Å². The minimum absolute atomic E-state index is 0.161. The Bertz CT molecular complexity index is 643. The summed E-state index contributed by atoms with van der Waals surface area (Å²) >= 11 is 0.